The lowest BCUT2D eigenvalue weighted by Gasteiger charge is -2.39. The molecule has 0 radical (unpaired) electrons. The van der Waals surface area contributed by atoms with E-state index >= 15 is 0 Å². The Morgan fingerprint density at radius 2 is 2.06 bits per heavy atom. The van der Waals surface area contributed by atoms with Gasteiger partial charge in [-0.15, -0.1) is 0 Å². The molecule has 0 aliphatic carbocycles. The van der Waals surface area contributed by atoms with Crippen LogP contribution in [0.1, 0.15) is 31.4 Å². The summed E-state index contributed by atoms with van der Waals surface area (Å²) in [5.74, 6) is 0. The van der Waals surface area contributed by atoms with Crippen molar-refractivity contribution in [2.75, 3.05) is 4.90 Å². The van der Waals surface area contributed by atoms with Crippen molar-refractivity contribution in [1.29, 1.82) is 5.26 Å². The van der Waals surface area contributed by atoms with Gasteiger partial charge in [-0.3, -0.25) is 0 Å². The lowest BCUT2D eigenvalue weighted by molar-refractivity contribution is 0.414. The summed E-state index contributed by atoms with van der Waals surface area (Å²) < 4.78 is 0. The number of anilines is 1. The lowest BCUT2D eigenvalue weighted by Crippen LogP contribution is -2.47. The fraction of sp³-hybridized carbons (Fsp3) is 0.538. The Hall–Kier alpha value is -1.60. The SMILES string of the molecule is N#Cc1cc(N2C3CCC2CC(N)C3)ccn1. The second kappa shape index (κ2) is 4.01. The van der Waals surface area contributed by atoms with Crippen LogP contribution in [0.25, 0.3) is 0 Å². The summed E-state index contributed by atoms with van der Waals surface area (Å²) in [7, 11) is 0. The van der Waals surface area contributed by atoms with E-state index in [4.69, 9.17) is 11.0 Å². The van der Waals surface area contributed by atoms with E-state index < -0.39 is 0 Å². The van der Waals surface area contributed by atoms with Crippen LogP contribution in [-0.4, -0.2) is 23.1 Å². The summed E-state index contributed by atoms with van der Waals surface area (Å²) in [5.41, 5.74) is 7.69. The summed E-state index contributed by atoms with van der Waals surface area (Å²) in [6.45, 7) is 0. The van der Waals surface area contributed by atoms with E-state index in [1.165, 1.54) is 12.8 Å². The quantitative estimate of drug-likeness (QED) is 0.789. The molecule has 2 aliphatic rings. The molecule has 17 heavy (non-hydrogen) atoms. The van der Waals surface area contributed by atoms with Crippen molar-refractivity contribution in [2.24, 2.45) is 5.73 Å². The topological polar surface area (TPSA) is 65.9 Å². The van der Waals surface area contributed by atoms with Crippen LogP contribution in [0.2, 0.25) is 0 Å². The maximum atomic E-state index is 8.90. The minimum atomic E-state index is 0.348. The zero-order valence-electron chi connectivity index (χ0n) is 9.71. The molecule has 1 aromatic rings. The Labute approximate surface area is 101 Å². The summed E-state index contributed by atoms with van der Waals surface area (Å²) in [5, 5.41) is 8.90. The van der Waals surface area contributed by atoms with E-state index in [9.17, 15) is 0 Å². The Morgan fingerprint density at radius 1 is 1.35 bits per heavy atom. The molecule has 0 spiro atoms. The van der Waals surface area contributed by atoms with Gasteiger partial charge >= 0.3 is 0 Å². The fourth-order valence-corrected chi connectivity index (χ4v) is 3.28. The molecule has 2 fully saturated rings. The molecule has 3 rings (SSSR count). The number of hydrogen-bond donors (Lipinski definition) is 1. The molecular formula is C13H16N4. The van der Waals surface area contributed by atoms with Gasteiger partial charge in [-0.1, -0.05) is 0 Å². The number of piperidine rings is 1. The highest BCUT2D eigenvalue weighted by Gasteiger charge is 2.39. The van der Waals surface area contributed by atoms with Gasteiger partial charge in [0.15, 0.2) is 0 Å². The van der Waals surface area contributed by atoms with Gasteiger partial charge in [-0.2, -0.15) is 5.26 Å². The highest BCUT2D eigenvalue weighted by atomic mass is 15.2. The molecule has 0 aromatic carbocycles. The van der Waals surface area contributed by atoms with Crippen molar-refractivity contribution >= 4 is 5.69 Å². The van der Waals surface area contributed by atoms with E-state index in [-0.39, 0.29) is 0 Å². The summed E-state index contributed by atoms with van der Waals surface area (Å²) in [6, 6.07) is 7.45. The minimum absolute atomic E-state index is 0.348. The molecule has 0 saturated carbocycles. The number of pyridine rings is 1. The van der Waals surface area contributed by atoms with Crippen LogP contribution < -0.4 is 10.6 Å². The monoisotopic (exact) mass is 228 g/mol. The first kappa shape index (κ1) is 10.5. The van der Waals surface area contributed by atoms with Gasteiger partial charge < -0.3 is 10.6 Å². The average Bonchev–Trinajstić information content (AvgIpc) is 2.62. The largest absolute Gasteiger partial charge is 0.365 e. The van der Waals surface area contributed by atoms with Crippen LogP contribution in [0.5, 0.6) is 0 Å². The van der Waals surface area contributed by atoms with Crippen molar-refractivity contribution < 1.29 is 0 Å². The van der Waals surface area contributed by atoms with Crippen LogP contribution in [0, 0.1) is 11.3 Å². The van der Waals surface area contributed by atoms with Crippen LogP contribution in [0.15, 0.2) is 18.3 Å². The molecule has 0 amide bonds. The predicted octanol–water partition coefficient (Wildman–Crippen LogP) is 1.41. The molecule has 4 nitrogen and oxygen atoms in total. The van der Waals surface area contributed by atoms with Crippen molar-refractivity contribution in [3.8, 4) is 6.07 Å². The predicted molar refractivity (Wildman–Crippen MR) is 65.5 cm³/mol. The third-order valence-electron chi connectivity index (χ3n) is 3.93. The van der Waals surface area contributed by atoms with Crippen molar-refractivity contribution in [3.05, 3.63) is 24.0 Å². The molecule has 2 bridgehead atoms. The highest BCUT2D eigenvalue weighted by Crippen LogP contribution is 2.38. The Balaban J connectivity index is 1.92. The molecule has 1 aromatic heterocycles. The number of fused-ring (bicyclic) bond motifs is 2. The first-order chi connectivity index (χ1) is 8.28. The number of hydrogen-bond acceptors (Lipinski definition) is 4. The van der Waals surface area contributed by atoms with Crippen LogP contribution in [0.3, 0.4) is 0 Å². The van der Waals surface area contributed by atoms with Crippen LogP contribution in [0.4, 0.5) is 5.69 Å². The van der Waals surface area contributed by atoms with Gasteiger partial charge in [0.05, 0.1) is 0 Å². The molecule has 2 unspecified atom stereocenters. The fourth-order valence-electron chi connectivity index (χ4n) is 3.28. The first-order valence-corrected chi connectivity index (χ1v) is 6.18. The smallest absolute Gasteiger partial charge is 0.142 e. The molecule has 2 N–H and O–H groups in total. The third-order valence-corrected chi connectivity index (χ3v) is 3.93. The zero-order valence-corrected chi connectivity index (χ0v) is 9.71. The summed E-state index contributed by atoms with van der Waals surface area (Å²) >= 11 is 0. The molecule has 3 heterocycles. The van der Waals surface area contributed by atoms with Crippen molar-refractivity contribution in [2.45, 2.75) is 43.8 Å². The van der Waals surface area contributed by atoms with Gasteiger partial charge in [-0.05, 0) is 37.8 Å². The molecule has 2 saturated heterocycles. The molecule has 2 atom stereocenters. The normalized spacial score (nSPS) is 31.3. The molecule has 2 aliphatic heterocycles. The van der Waals surface area contributed by atoms with Crippen LogP contribution in [-0.2, 0) is 0 Å². The van der Waals surface area contributed by atoms with E-state index in [0.717, 1.165) is 18.5 Å². The van der Waals surface area contributed by atoms with Gasteiger partial charge in [0, 0.05) is 30.0 Å². The Bertz CT molecular complexity index is 451. The number of aromatic nitrogens is 1. The van der Waals surface area contributed by atoms with Gasteiger partial charge in [0.1, 0.15) is 11.8 Å². The van der Waals surface area contributed by atoms with Crippen LogP contribution >= 0.6 is 0 Å². The summed E-state index contributed by atoms with van der Waals surface area (Å²) in [6.07, 6.45) is 6.31. The number of nitrogens with two attached hydrogens (primary N) is 1. The number of nitrogens with zero attached hydrogens (tertiary/aromatic N) is 3. The van der Waals surface area contributed by atoms with E-state index in [2.05, 4.69) is 16.0 Å². The lowest BCUT2D eigenvalue weighted by atomic mass is 9.97. The van der Waals surface area contributed by atoms with Gasteiger partial charge in [0.2, 0.25) is 0 Å². The second-order valence-corrected chi connectivity index (χ2v) is 5.03. The summed E-state index contributed by atoms with van der Waals surface area (Å²) in [4.78, 5) is 6.48. The zero-order chi connectivity index (χ0) is 11.8. The molecular weight excluding hydrogens is 212 g/mol. The minimum Gasteiger partial charge on any atom is -0.365 e. The molecule has 4 heteroatoms. The first-order valence-electron chi connectivity index (χ1n) is 6.18. The number of nitriles is 1. The van der Waals surface area contributed by atoms with Gasteiger partial charge in [0.25, 0.3) is 0 Å². The maximum Gasteiger partial charge on any atom is 0.142 e. The van der Waals surface area contributed by atoms with Crippen molar-refractivity contribution in [3.63, 3.8) is 0 Å². The van der Waals surface area contributed by atoms with Crippen molar-refractivity contribution in [1.82, 2.24) is 4.98 Å². The Kier molecular flexibility index (Phi) is 2.49. The van der Waals surface area contributed by atoms with Gasteiger partial charge in [-0.25, -0.2) is 4.98 Å². The Morgan fingerprint density at radius 3 is 2.71 bits per heavy atom. The third kappa shape index (κ3) is 1.77. The average molecular weight is 228 g/mol. The van der Waals surface area contributed by atoms with E-state index in [0.29, 0.717) is 23.8 Å². The van der Waals surface area contributed by atoms with E-state index in [1.807, 2.05) is 12.1 Å². The number of rotatable bonds is 1. The molecule has 88 valence electrons. The maximum absolute atomic E-state index is 8.90. The van der Waals surface area contributed by atoms with E-state index in [1.54, 1.807) is 6.20 Å². The standard InChI is InChI=1S/C13H16N4/c14-8-10-7-13(3-4-16-10)17-11-1-2-12(17)6-9(15)5-11/h3-4,7,9,11-12H,1-2,5-6,15H2. The highest BCUT2D eigenvalue weighted by molar-refractivity contribution is 5.52. The second-order valence-electron chi connectivity index (χ2n) is 5.03.